The van der Waals surface area contributed by atoms with Crippen molar-refractivity contribution in [1.29, 1.82) is 0 Å². The average Bonchev–Trinajstić information content (AvgIpc) is 2.87. The standard InChI is InChI=1S/C14H12BrN3O2/c1-19-10-2-4-11(5-3-10)20-8-13-17-12-6-9(15)7-16-14(12)18-13/h2-7H,8H2,1H3,(H,16,17,18). The fraction of sp³-hybridized carbons (Fsp3) is 0.143. The lowest BCUT2D eigenvalue weighted by Crippen LogP contribution is -1.97. The second kappa shape index (κ2) is 5.50. The lowest BCUT2D eigenvalue weighted by molar-refractivity contribution is 0.297. The maximum atomic E-state index is 5.66. The first-order valence-electron chi connectivity index (χ1n) is 6.01. The van der Waals surface area contributed by atoms with Gasteiger partial charge in [0.05, 0.1) is 12.6 Å². The number of rotatable bonds is 4. The summed E-state index contributed by atoms with van der Waals surface area (Å²) in [6.07, 6.45) is 1.72. The highest BCUT2D eigenvalue weighted by atomic mass is 79.9. The van der Waals surface area contributed by atoms with Gasteiger partial charge >= 0.3 is 0 Å². The molecule has 0 fully saturated rings. The minimum absolute atomic E-state index is 0.361. The van der Waals surface area contributed by atoms with Crippen molar-refractivity contribution in [1.82, 2.24) is 15.0 Å². The summed E-state index contributed by atoms with van der Waals surface area (Å²) < 4.78 is 11.7. The summed E-state index contributed by atoms with van der Waals surface area (Å²) in [7, 11) is 1.63. The summed E-state index contributed by atoms with van der Waals surface area (Å²) in [5.41, 5.74) is 1.56. The summed E-state index contributed by atoms with van der Waals surface area (Å²) in [5, 5.41) is 0. The van der Waals surface area contributed by atoms with Gasteiger partial charge in [-0.1, -0.05) is 0 Å². The van der Waals surface area contributed by atoms with Crippen LogP contribution in [-0.4, -0.2) is 22.1 Å². The molecule has 1 aromatic carbocycles. The zero-order chi connectivity index (χ0) is 13.9. The zero-order valence-electron chi connectivity index (χ0n) is 10.8. The molecule has 0 aliphatic carbocycles. The van der Waals surface area contributed by atoms with E-state index < -0.39 is 0 Å². The number of H-pyrrole nitrogens is 1. The van der Waals surface area contributed by atoms with Gasteiger partial charge in [0.2, 0.25) is 0 Å². The number of fused-ring (bicyclic) bond motifs is 1. The average molecular weight is 334 g/mol. The molecule has 20 heavy (non-hydrogen) atoms. The summed E-state index contributed by atoms with van der Waals surface area (Å²) >= 11 is 3.38. The number of ether oxygens (including phenoxy) is 2. The number of pyridine rings is 1. The van der Waals surface area contributed by atoms with Crippen LogP contribution in [0.1, 0.15) is 5.82 Å². The highest BCUT2D eigenvalue weighted by Gasteiger charge is 2.05. The van der Waals surface area contributed by atoms with E-state index in [2.05, 4.69) is 30.9 Å². The summed E-state index contributed by atoms with van der Waals surface area (Å²) in [6.45, 7) is 0.361. The minimum Gasteiger partial charge on any atom is -0.497 e. The van der Waals surface area contributed by atoms with Crippen LogP contribution >= 0.6 is 15.9 Å². The SMILES string of the molecule is COc1ccc(OCc2nc3ncc(Br)cc3[nH]2)cc1. The van der Waals surface area contributed by atoms with Gasteiger partial charge in [0.1, 0.15) is 23.9 Å². The van der Waals surface area contributed by atoms with Crippen LogP contribution in [0.2, 0.25) is 0 Å². The Morgan fingerprint density at radius 1 is 1.20 bits per heavy atom. The molecule has 0 aliphatic rings. The molecule has 0 spiro atoms. The van der Waals surface area contributed by atoms with E-state index in [0.29, 0.717) is 12.3 Å². The Hall–Kier alpha value is -2.08. The molecule has 2 aromatic heterocycles. The second-order valence-electron chi connectivity index (χ2n) is 4.17. The van der Waals surface area contributed by atoms with Crippen LogP contribution in [0.4, 0.5) is 0 Å². The van der Waals surface area contributed by atoms with Crippen LogP contribution in [-0.2, 0) is 6.61 Å². The van der Waals surface area contributed by atoms with E-state index >= 15 is 0 Å². The van der Waals surface area contributed by atoms with Crippen LogP contribution in [0.15, 0.2) is 41.0 Å². The van der Waals surface area contributed by atoms with Crippen molar-refractivity contribution >= 4 is 27.1 Å². The molecular weight excluding hydrogens is 322 g/mol. The van der Waals surface area contributed by atoms with E-state index in [-0.39, 0.29) is 0 Å². The second-order valence-corrected chi connectivity index (χ2v) is 5.09. The molecule has 2 heterocycles. The van der Waals surface area contributed by atoms with Gasteiger partial charge in [0.25, 0.3) is 0 Å². The fourth-order valence-corrected chi connectivity index (χ4v) is 2.15. The Balaban J connectivity index is 1.72. The largest absolute Gasteiger partial charge is 0.497 e. The van der Waals surface area contributed by atoms with Gasteiger partial charge in [-0.3, -0.25) is 0 Å². The van der Waals surface area contributed by atoms with E-state index in [0.717, 1.165) is 27.3 Å². The third kappa shape index (κ3) is 2.75. The van der Waals surface area contributed by atoms with Crippen molar-refractivity contribution in [2.45, 2.75) is 6.61 Å². The Bertz CT molecular complexity index is 725. The van der Waals surface area contributed by atoms with Crippen molar-refractivity contribution in [2.75, 3.05) is 7.11 Å². The number of methoxy groups -OCH3 is 1. The molecule has 102 valence electrons. The normalized spacial score (nSPS) is 10.7. The van der Waals surface area contributed by atoms with Gasteiger partial charge < -0.3 is 14.5 Å². The van der Waals surface area contributed by atoms with E-state index in [1.807, 2.05) is 30.3 Å². The monoisotopic (exact) mass is 333 g/mol. The maximum Gasteiger partial charge on any atom is 0.177 e. The lowest BCUT2D eigenvalue weighted by atomic mass is 10.3. The lowest BCUT2D eigenvalue weighted by Gasteiger charge is -2.04. The Labute approximate surface area is 124 Å². The molecule has 0 saturated heterocycles. The molecule has 1 N–H and O–H groups in total. The molecular formula is C14H12BrN3O2. The number of hydrogen-bond acceptors (Lipinski definition) is 4. The van der Waals surface area contributed by atoms with Crippen molar-refractivity contribution in [2.24, 2.45) is 0 Å². The third-order valence-corrected chi connectivity index (χ3v) is 3.22. The number of aromatic amines is 1. The molecule has 0 saturated carbocycles. The van der Waals surface area contributed by atoms with E-state index in [1.165, 1.54) is 0 Å². The number of nitrogens with zero attached hydrogens (tertiary/aromatic N) is 2. The maximum absolute atomic E-state index is 5.66. The van der Waals surface area contributed by atoms with Crippen molar-refractivity contribution in [3.8, 4) is 11.5 Å². The quantitative estimate of drug-likeness (QED) is 0.795. The molecule has 0 aliphatic heterocycles. The topological polar surface area (TPSA) is 60.0 Å². The van der Waals surface area contributed by atoms with Crippen LogP contribution in [0.3, 0.4) is 0 Å². The molecule has 0 radical (unpaired) electrons. The first-order valence-corrected chi connectivity index (χ1v) is 6.81. The van der Waals surface area contributed by atoms with Crippen LogP contribution in [0.5, 0.6) is 11.5 Å². The van der Waals surface area contributed by atoms with Gasteiger partial charge in [0.15, 0.2) is 5.65 Å². The van der Waals surface area contributed by atoms with Crippen molar-refractivity contribution < 1.29 is 9.47 Å². The van der Waals surface area contributed by atoms with Gasteiger partial charge in [-0.05, 0) is 46.3 Å². The number of benzene rings is 1. The van der Waals surface area contributed by atoms with Gasteiger partial charge in [-0.25, -0.2) is 9.97 Å². The molecule has 3 aromatic rings. The van der Waals surface area contributed by atoms with Crippen LogP contribution in [0.25, 0.3) is 11.2 Å². The highest BCUT2D eigenvalue weighted by Crippen LogP contribution is 2.19. The molecule has 6 heteroatoms. The summed E-state index contributed by atoms with van der Waals surface area (Å²) in [4.78, 5) is 11.8. The predicted molar refractivity (Wildman–Crippen MR) is 78.9 cm³/mol. The molecule has 0 amide bonds. The van der Waals surface area contributed by atoms with Crippen LogP contribution in [0, 0.1) is 0 Å². The highest BCUT2D eigenvalue weighted by molar-refractivity contribution is 9.10. The number of hydrogen-bond donors (Lipinski definition) is 1. The van der Waals surface area contributed by atoms with Gasteiger partial charge in [0, 0.05) is 10.7 Å². The first kappa shape index (κ1) is 12.9. The molecule has 0 unspecified atom stereocenters. The fourth-order valence-electron chi connectivity index (χ4n) is 1.82. The number of halogens is 1. The summed E-state index contributed by atoms with van der Waals surface area (Å²) in [6, 6.07) is 9.36. The minimum atomic E-state index is 0.361. The Kier molecular flexibility index (Phi) is 3.56. The summed E-state index contributed by atoms with van der Waals surface area (Å²) in [5.74, 6) is 2.30. The third-order valence-electron chi connectivity index (χ3n) is 2.79. The van der Waals surface area contributed by atoms with Gasteiger partial charge in [-0.2, -0.15) is 0 Å². The van der Waals surface area contributed by atoms with E-state index in [1.54, 1.807) is 13.3 Å². The Morgan fingerprint density at radius 2 is 1.95 bits per heavy atom. The van der Waals surface area contributed by atoms with Crippen molar-refractivity contribution in [3.05, 3.63) is 46.8 Å². The Morgan fingerprint density at radius 3 is 2.70 bits per heavy atom. The molecule has 0 bridgehead atoms. The zero-order valence-corrected chi connectivity index (χ0v) is 12.3. The van der Waals surface area contributed by atoms with Crippen LogP contribution < -0.4 is 9.47 Å². The first-order chi connectivity index (χ1) is 9.74. The number of aromatic nitrogens is 3. The molecule has 3 rings (SSSR count). The molecule has 5 nitrogen and oxygen atoms in total. The molecule has 0 atom stereocenters. The number of nitrogens with one attached hydrogen (secondary N) is 1. The van der Waals surface area contributed by atoms with E-state index in [9.17, 15) is 0 Å². The van der Waals surface area contributed by atoms with Crippen molar-refractivity contribution in [3.63, 3.8) is 0 Å². The number of imidazole rings is 1. The predicted octanol–water partition coefficient (Wildman–Crippen LogP) is 3.31. The smallest absolute Gasteiger partial charge is 0.177 e. The van der Waals surface area contributed by atoms with Gasteiger partial charge in [-0.15, -0.1) is 0 Å². The van der Waals surface area contributed by atoms with E-state index in [4.69, 9.17) is 9.47 Å².